The Hall–Kier alpha value is -1.72. The third kappa shape index (κ3) is 8.43. The molecular weight excluding hydrogens is 236 g/mol. The van der Waals surface area contributed by atoms with Gasteiger partial charge in [-0.1, -0.05) is 19.1 Å². The van der Waals surface area contributed by atoms with Crippen molar-refractivity contribution in [3.8, 4) is 0 Å². The van der Waals surface area contributed by atoms with Gasteiger partial charge in [0.2, 0.25) is 0 Å². The first-order valence-corrected chi connectivity index (χ1v) is 5.81. The summed E-state index contributed by atoms with van der Waals surface area (Å²) in [6, 6.07) is 0. The van der Waals surface area contributed by atoms with Gasteiger partial charge in [0, 0.05) is 7.05 Å². The molecule has 0 aromatic heterocycles. The quantitative estimate of drug-likeness (QED) is 0.623. The number of hydrazine groups is 1. The number of carbonyl (C=O) groups is 2. The molecule has 2 amide bonds. The van der Waals surface area contributed by atoms with Gasteiger partial charge in [0.15, 0.2) is 0 Å². The second-order valence-electron chi connectivity index (χ2n) is 4.63. The van der Waals surface area contributed by atoms with Gasteiger partial charge in [0.25, 0.3) is 0 Å². The van der Waals surface area contributed by atoms with E-state index in [2.05, 4.69) is 5.43 Å². The highest BCUT2D eigenvalue weighted by molar-refractivity contribution is 5.73. The summed E-state index contributed by atoms with van der Waals surface area (Å²) in [5.41, 5.74) is 1.64. The Labute approximate surface area is 108 Å². The van der Waals surface area contributed by atoms with Crippen LogP contribution in [-0.4, -0.2) is 36.5 Å². The predicted molar refractivity (Wildman–Crippen MR) is 67.9 cm³/mol. The fourth-order valence-corrected chi connectivity index (χ4v) is 0.934. The van der Waals surface area contributed by atoms with Gasteiger partial charge in [0.1, 0.15) is 12.2 Å². The van der Waals surface area contributed by atoms with Gasteiger partial charge in [-0.15, -0.1) is 0 Å². The Kier molecular flexibility index (Phi) is 6.85. The molecule has 104 valence electrons. The lowest BCUT2D eigenvalue weighted by Crippen LogP contribution is -2.45. The molecule has 0 saturated heterocycles. The molecule has 0 atom stereocenters. The van der Waals surface area contributed by atoms with E-state index in [9.17, 15) is 9.59 Å². The number of nitrogens with zero attached hydrogens (tertiary/aromatic N) is 1. The lowest BCUT2D eigenvalue weighted by molar-refractivity contribution is 0.0338. The zero-order chi connectivity index (χ0) is 14.2. The van der Waals surface area contributed by atoms with Gasteiger partial charge in [-0.3, -0.25) is 0 Å². The van der Waals surface area contributed by atoms with E-state index in [0.717, 1.165) is 11.4 Å². The Morgan fingerprint density at radius 3 is 2.39 bits per heavy atom. The molecule has 6 nitrogen and oxygen atoms in total. The van der Waals surface area contributed by atoms with Crippen molar-refractivity contribution in [2.24, 2.45) is 0 Å². The van der Waals surface area contributed by atoms with Crippen LogP contribution in [0.5, 0.6) is 0 Å². The molecule has 0 fully saturated rings. The summed E-state index contributed by atoms with van der Waals surface area (Å²) in [5, 5.41) is 0.938. The first-order chi connectivity index (χ1) is 8.26. The number of rotatable bonds is 3. The standard InChI is InChI=1S/C12H22N2O4/c1-6-7-8-9-17-11(16)14(5)13-10(15)18-12(2,3)4/h7-8H,6,9H2,1-5H3,(H,13,15)/b8-7-. The van der Waals surface area contributed by atoms with Crippen molar-refractivity contribution in [3.63, 3.8) is 0 Å². The topological polar surface area (TPSA) is 67.9 Å². The van der Waals surface area contributed by atoms with E-state index in [1.807, 2.05) is 13.0 Å². The van der Waals surface area contributed by atoms with Crippen molar-refractivity contribution in [1.82, 2.24) is 10.4 Å². The molecule has 0 aromatic rings. The normalized spacial score (nSPS) is 11.2. The Morgan fingerprint density at radius 2 is 1.89 bits per heavy atom. The number of hydrogen-bond donors (Lipinski definition) is 1. The van der Waals surface area contributed by atoms with Crippen molar-refractivity contribution in [1.29, 1.82) is 0 Å². The van der Waals surface area contributed by atoms with Crippen LogP contribution in [0.2, 0.25) is 0 Å². The molecule has 1 N–H and O–H groups in total. The first-order valence-electron chi connectivity index (χ1n) is 5.81. The van der Waals surface area contributed by atoms with E-state index < -0.39 is 17.8 Å². The third-order valence-corrected chi connectivity index (χ3v) is 1.64. The van der Waals surface area contributed by atoms with Crippen molar-refractivity contribution in [2.75, 3.05) is 13.7 Å². The fourth-order valence-electron chi connectivity index (χ4n) is 0.934. The van der Waals surface area contributed by atoms with Gasteiger partial charge >= 0.3 is 12.2 Å². The minimum Gasteiger partial charge on any atom is -0.444 e. The highest BCUT2D eigenvalue weighted by Crippen LogP contribution is 2.06. The van der Waals surface area contributed by atoms with Gasteiger partial charge < -0.3 is 9.47 Å². The molecular formula is C12H22N2O4. The average Bonchev–Trinajstić information content (AvgIpc) is 2.21. The molecule has 18 heavy (non-hydrogen) atoms. The molecule has 0 aromatic carbocycles. The molecule has 0 bridgehead atoms. The molecule has 0 heterocycles. The minimum atomic E-state index is -0.703. The van der Waals surface area contributed by atoms with Crippen molar-refractivity contribution < 1.29 is 19.1 Å². The summed E-state index contributed by atoms with van der Waals surface area (Å²) in [6.07, 6.45) is 3.14. The van der Waals surface area contributed by atoms with Crippen LogP contribution in [0.4, 0.5) is 9.59 Å². The van der Waals surface area contributed by atoms with E-state index >= 15 is 0 Å². The second kappa shape index (κ2) is 7.58. The Bertz CT molecular complexity index is 308. The monoisotopic (exact) mass is 258 g/mol. The van der Waals surface area contributed by atoms with E-state index in [0.29, 0.717) is 0 Å². The van der Waals surface area contributed by atoms with Crippen molar-refractivity contribution in [3.05, 3.63) is 12.2 Å². The van der Waals surface area contributed by atoms with Gasteiger partial charge in [0.05, 0.1) is 0 Å². The van der Waals surface area contributed by atoms with Crippen LogP contribution >= 0.6 is 0 Å². The van der Waals surface area contributed by atoms with Crippen molar-refractivity contribution in [2.45, 2.75) is 39.7 Å². The molecule has 0 aliphatic rings. The maximum Gasteiger partial charge on any atom is 0.428 e. The number of carbonyl (C=O) groups excluding carboxylic acids is 2. The molecule has 0 unspecified atom stereocenters. The Balaban J connectivity index is 4.00. The van der Waals surface area contributed by atoms with Crippen LogP contribution in [0.3, 0.4) is 0 Å². The fraction of sp³-hybridized carbons (Fsp3) is 0.667. The summed E-state index contributed by atoms with van der Waals surface area (Å²) in [5.74, 6) is 0. The maximum absolute atomic E-state index is 11.4. The van der Waals surface area contributed by atoms with Crippen LogP contribution in [-0.2, 0) is 9.47 Å². The molecule has 0 saturated carbocycles. The van der Waals surface area contributed by atoms with Gasteiger partial charge in [-0.25, -0.2) is 20.0 Å². The zero-order valence-electron chi connectivity index (χ0n) is 11.6. The summed E-state index contributed by atoms with van der Waals surface area (Å²) in [7, 11) is 1.38. The second-order valence-corrected chi connectivity index (χ2v) is 4.63. The molecule has 0 rings (SSSR count). The number of hydrogen-bond acceptors (Lipinski definition) is 4. The SMILES string of the molecule is CC/C=C\COC(=O)N(C)NC(=O)OC(C)(C)C. The van der Waals surface area contributed by atoms with Gasteiger partial charge in [-0.05, 0) is 27.2 Å². The first kappa shape index (κ1) is 16.3. The largest absolute Gasteiger partial charge is 0.444 e. The molecule has 6 heteroatoms. The van der Waals surface area contributed by atoms with Crippen LogP contribution in [0.1, 0.15) is 34.1 Å². The van der Waals surface area contributed by atoms with Crippen LogP contribution < -0.4 is 5.43 Å². The minimum absolute atomic E-state index is 0.174. The van der Waals surface area contributed by atoms with Gasteiger partial charge in [-0.2, -0.15) is 0 Å². The molecule has 0 aliphatic heterocycles. The Morgan fingerprint density at radius 1 is 1.28 bits per heavy atom. The average molecular weight is 258 g/mol. The highest BCUT2D eigenvalue weighted by atomic mass is 16.6. The smallest absolute Gasteiger partial charge is 0.428 e. The number of ether oxygens (including phenoxy) is 2. The maximum atomic E-state index is 11.4. The van der Waals surface area contributed by atoms with Crippen LogP contribution in [0.15, 0.2) is 12.2 Å². The summed E-state index contributed by atoms with van der Waals surface area (Å²) in [4.78, 5) is 22.8. The third-order valence-electron chi connectivity index (χ3n) is 1.64. The van der Waals surface area contributed by atoms with E-state index in [1.165, 1.54) is 7.05 Å². The summed E-state index contributed by atoms with van der Waals surface area (Å²) in [6.45, 7) is 7.36. The van der Waals surface area contributed by atoms with Crippen LogP contribution in [0, 0.1) is 0 Å². The van der Waals surface area contributed by atoms with Crippen LogP contribution in [0.25, 0.3) is 0 Å². The lowest BCUT2D eigenvalue weighted by Gasteiger charge is -2.23. The van der Waals surface area contributed by atoms with E-state index in [4.69, 9.17) is 9.47 Å². The lowest BCUT2D eigenvalue weighted by atomic mass is 10.2. The van der Waals surface area contributed by atoms with E-state index in [-0.39, 0.29) is 6.61 Å². The van der Waals surface area contributed by atoms with Crippen molar-refractivity contribution >= 4 is 12.2 Å². The predicted octanol–water partition coefficient (Wildman–Crippen LogP) is 2.46. The zero-order valence-corrected chi connectivity index (χ0v) is 11.6. The number of nitrogens with one attached hydrogen (secondary N) is 1. The summed E-state index contributed by atoms with van der Waals surface area (Å²) < 4.78 is 9.85. The number of amides is 2. The molecule has 0 spiro atoms. The highest BCUT2D eigenvalue weighted by Gasteiger charge is 2.19. The number of allylic oxidation sites excluding steroid dienone is 1. The molecule has 0 radical (unpaired) electrons. The van der Waals surface area contributed by atoms with E-state index in [1.54, 1.807) is 26.8 Å². The summed E-state index contributed by atoms with van der Waals surface area (Å²) >= 11 is 0. The molecule has 0 aliphatic carbocycles.